The largest absolute Gasteiger partial charge is 0.506 e. The van der Waals surface area contributed by atoms with Crippen LogP contribution in [-0.4, -0.2) is 100 Å². The Bertz CT molecular complexity index is 1490. The molecule has 47 heavy (non-hydrogen) atoms. The molecule has 0 saturated carbocycles. The molecule has 4 aliphatic rings. The number of amides is 4. The molecule has 14 heteroatoms. The predicted molar refractivity (Wildman–Crippen MR) is 168 cm³/mol. The number of piperidine rings is 2. The van der Waals surface area contributed by atoms with Crippen LogP contribution in [-0.2, 0) is 28.7 Å². The first-order valence-corrected chi connectivity index (χ1v) is 16.6. The Balaban J connectivity index is 1.13. The lowest BCUT2D eigenvalue weighted by atomic mass is 10.00. The highest BCUT2D eigenvalue weighted by molar-refractivity contribution is 6.32. The molecule has 0 radical (unpaired) electrons. The Hall–Kier alpha value is -3.71. The molecule has 2 aromatic carbocycles. The minimum Gasteiger partial charge on any atom is -0.506 e. The summed E-state index contributed by atoms with van der Waals surface area (Å²) in [5.74, 6) is -1.57. The van der Waals surface area contributed by atoms with Crippen molar-refractivity contribution in [3.8, 4) is 5.75 Å². The highest BCUT2D eigenvalue weighted by Gasteiger charge is 2.39. The number of para-hydroxylation sites is 1. The van der Waals surface area contributed by atoms with Crippen LogP contribution in [0.5, 0.6) is 5.75 Å². The molecular weight excluding hydrogens is 639 g/mol. The van der Waals surface area contributed by atoms with Crippen LogP contribution in [0.25, 0.3) is 0 Å². The van der Waals surface area contributed by atoms with Gasteiger partial charge >= 0.3 is 18.3 Å². The SMILES string of the molecule is O=C(O[C@H](Cc1cc(Cl)c(O)c(C(F)(F)F)c1)C(=O)N1CCC(N2CCCC2)CC1)N1CCC(N2Cc3ccccc3NC2=O)CC1. The summed E-state index contributed by atoms with van der Waals surface area (Å²) in [5, 5.41) is 12.4. The second-order valence-corrected chi connectivity index (χ2v) is 13.2. The summed E-state index contributed by atoms with van der Waals surface area (Å²) in [6.07, 6.45) is -2.54. The van der Waals surface area contributed by atoms with Crippen molar-refractivity contribution < 1.29 is 37.4 Å². The molecule has 0 aromatic heterocycles. The van der Waals surface area contributed by atoms with E-state index < -0.39 is 40.6 Å². The second-order valence-electron chi connectivity index (χ2n) is 12.8. The topological polar surface area (TPSA) is 106 Å². The van der Waals surface area contributed by atoms with Gasteiger partial charge in [0.2, 0.25) is 0 Å². The normalized spacial score (nSPS) is 20.6. The average molecular weight is 678 g/mol. The van der Waals surface area contributed by atoms with E-state index in [-0.39, 0.29) is 37.1 Å². The summed E-state index contributed by atoms with van der Waals surface area (Å²) >= 11 is 5.96. The highest BCUT2D eigenvalue weighted by Crippen LogP contribution is 2.41. The van der Waals surface area contributed by atoms with Crippen molar-refractivity contribution in [1.82, 2.24) is 19.6 Å². The van der Waals surface area contributed by atoms with E-state index in [0.29, 0.717) is 38.5 Å². The number of halogens is 4. The minimum atomic E-state index is -4.88. The van der Waals surface area contributed by atoms with Crippen molar-refractivity contribution in [2.45, 2.75) is 75.9 Å². The zero-order valence-corrected chi connectivity index (χ0v) is 26.7. The first-order chi connectivity index (χ1) is 22.5. The van der Waals surface area contributed by atoms with E-state index in [9.17, 15) is 32.7 Å². The molecular formula is C33H39ClF3N5O5. The maximum atomic E-state index is 13.8. The molecule has 0 spiro atoms. The van der Waals surface area contributed by atoms with Crippen molar-refractivity contribution in [3.05, 3.63) is 58.1 Å². The van der Waals surface area contributed by atoms with Gasteiger partial charge in [0.05, 0.1) is 10.6 Å². The van der Waals surface area contributed by atoms with Gasteiger partial charge in [0.1, 0.15) is 5.75 Å². The lowest BCUT2D eigenvalue weighted by Gasteiger charge is -2.40. The fourth-order valence-electron chi connectivity index (χ4n) is 7.22. The molecule has 4 amide bonds. The van der Waals surface area contributed by atoms with Crippen molar-refractivity contribution >= 4 is 35.3 Å². The van der Waals surface area contributed by atoms with Crippen LogP contribution in [0, 0.1) is 0 Å². The maximum absolute atomic E-state index is 13.8. The van der Waals surface area contributed by atoms with Crippen LogP contribution in [0.2, 0.25) is 5.02 Å². The second kappa shape index (κ2) is 13.8. The maximum Gasteiger partial charge on any atom is 0.420 e. The Morgan fingerprint density at radius 2 is 1.60 bits per heavy atom. The molecule has 3 saturated heterocycles. The molecule has 4 heterocycles. The Kier molecular flexibility index (Phi) is 9.75. The molecule has 254 valence electrons. The van der Waals surface area contributed by atoms with Gasteiger partial charge in [0.25, 0.3) is 5.91 Å². The lowest BCUT2D eigenvalue weighted by molar-refractivity contribution is -0.142. The van der Waals surface area contributed by atoms with Crippen LogP contribution in [0.3, 0.4) is 0 Å². The Labute approximate surface area is 276 Å². The number of anilines is 1. The summed E-state index contributed by atoms with van der Waals surface area (Å²) in [5.41, 5.74) is 0.467. The van der Waals surface area contributed by atoms with E-state index in [4.69, 9.17) is 16.3 Å². The van der Waals surface area contributed by atoms with Gasteiger partial charge in [-0.25, -0.2) is 9.59 Å². The number of rotatable bonds is 6. The van der Waals surface area contributed by atoms with Gasteiger partial charge in [0.15, 0.2) is 6.10 Å². The summed E-state index contributed by atoms with van der Waals surface area (Å²) < 4.78 is 46.8. The van der Waals surface area contributed by atoms with Crippen molar-refractivity contribution in [2.24, 2.45) is 0 Å². The number of fused-ring (bicyclic) bond motifs is 1. The number of nitrogens with one attached hydrogen (secondary N) is 1. The van der Waals surface area contributed by atoms with Crippen molar-refractivity contribution in [2.75, 3.05) is 44.6 Å². The third-order valence-electron chi connectivity index (χ3n) is 9.83. The third-order valence-corrected chi connectivity index (χ3v) is 10.1. The first-order valence-electron chi connectivity index (χ1n) is 16.2. The number of phenolic OH excluding ortho intramolecular Hbond substituents is 1. The van der Waals surface area contributed by atoms with Crippen LogP contribution in [0.15, 0.2) is 36.4 Å². The summed E-state index contributed by atoms with van der Waals surface area (Å²) in [4.78, 5) is 47.4. The van der Waals surface area contributed by atoms with Gasteiger partial charge < -0.3 is 34.8 Å². The summed E-state index contributed by atoms with van der Waals surface area (Å²) in [7, 11) is 0. The molecule has 0 unspecified atom stereocenters. The minimum absolute atomic E-state index is 0.00771. The number of ether oxygens (including phenoxy) is 1. The lowest BCUT2D eigenvalue weighted by Crippen LogP contribution is -2.53. The van der Waals surface area contributed by atoms with E-state index in [1.807, 2.05) is 24.3 Å². The van der Waals surface area contributed by atoms with Gasteiger partial charge in [-0.05, 0) is 80.9 Å². The molecule has 10 nitrogen and oxygen atoms in total. The van der Waals surface area contributed by atoms with Crippen LogP contribution in [0.4, 0.5) is 28.4 Å². The number of aromatic hydroxyl groups is 1. The number of phenols is 1. The van der Waals surface area contributed by atoms with E-state index in [2.05, 4.69) is 10.2 Å². The zero-order valence-electron chi connectivity index (χ0n) is 26.0. The van der Waals surface area contributed by atoms with Crippen molar-refractivity contribution in [1.29, 1.82) is 0 Å². The van der Waals surface area contributed by atoms with E-state index in [1.165, 1.54) is 4.90 Å². The van der Waals surface area contributed by atoms with Gasteiger partial charge in [-0.3, -0.25) is 4.79 Å². The van der Waals surface area contributed by atoms with Crippen molar-refractivity contribution in [3.63, 3.8) is 0 Å². The summed E-state index contributed by atoms with van der Waals surface area (Å²) in [6, 6.07) is 9.54. The first kappa shape index (κ1) is 33.2. The molecule has 6 rings (SSSR count). The number of alkyl halides is 3. The monoisotopic (exact) mass is 677 g/mol. The number of urea groups is 1. The quantitative estimate of drug-likeness (QED) is 0.406. The van der Waals surface area contributed by atoms with Gasteiger partial charge in [-0.15, -0.1) is 0 Å². The van der Waals surface area contributed by atoms with Gasteiger partial charge in [-0.2, -0.15) is 13.2 Å². The Morgan fingerprint density at radius 1 is 0.957 bits per heavy atom. The third kappa shape index (κ3) is 7.40. The highest BCUT2D eigenvalue weighted by atomic mass is 35.5. The Morgan fingerprint density at radius 3 is 2.28 bits per heavy atom. The summed E-state index contributed by atoms with van der Waals surface area (Å²) in [6.45, 7) is 3.98. The molecule has 4 aliphatic heterocycles. The molecule has 0 aliphatic carbocycles. The molecule has 2 aromatic rings. The van der Waals surface area contributed by atoms with E-state index in [0.717, 1.165) is 62.2 Å². The number of carbonyl (C=O) groups is 3. The van der Waals surface area contributed by atoms with Gasteiger partial charge in [0, 0.05) is 56.9 Å². The van der Waals surface area contributed by atoms with Crippen LogP contribution in [0.1, 0.15) is 55.2 Å². The predicted octanol–water partition coefficient (Wildman–Crippen LogP) is 5.71. The smallest absolute Gasteiger partial charge is 0.420 e. The fourth-order valence-corrected chi connectivity index (χ4v) is 7.46. The number of hydrogen-bond acceptors (Lipinski definition) is 6. The number of benzene rings is 2. The molecule has 0 bridgehead atoms. The number of nitrogens with zero attached hydrogens (tertiary/aromatic N) is 4. The van der Waals surface area contributed by atoms with E-state index in [1.54, 1.807) is 9.80 Å². The average Bonchev–Trinajstić information content (AvgIpc) is 3.60. The standard InChI is InChI=1S/C33H39ClF3N5O5/c34-26-18-21(17-25(29(26)43)33(35,36)37)19-28(30(44)40-13-7-23(8-14-40)39-11-3-4-12-39)47-32(46)41-15-9-24(10-16-41)42-20-22-5-1-2-6-27(22)38-31(42)45/h1-2,5-6,17-18,23-24,28,43H,3-4,7-16,19-20H2,(H,38,45)/t28-/m1/s1. The van der Waals surface area contributed by atoms with Gasteiger partial charge in [-0.1, -0.05) is 29.8 Å². The molecule has 1 atom stereocenters. The number of hydrogen-bond donors (Lipinski definition) is 2. The number of carbonyl (C=O) groups excluding carboxylic acids is 3. The van der Waals surface area contributed by atoms with Crippen LogP contribution >= 0.6 is 11.6 Å². The molecule has 3 fully saturated rings. The van der Waals surface area contributed by atoms with Crippen LogP contribution < -0.4 is 5.32 Å². The fraction of sp³-hybridized carbons (Fsp3) is 0.545. The van der Waals surface area contributed by atoms with E-state index >= 15 is 0 Å². The molecule has 2 N–H and O–H groups in total. The zero-order chi connectivity index (χ0) is 33.3. The number of likely N-dealkylation sites (tertiary alicyclic amines) is 3.